The van der Waals surface area contributed by atoms with E-state index in [2.05, 4.69) is 5.32 Å². The van der Waals surface area contributed by atoms with Crippen molar-refractivity contribution in [3.63, 3.8) is 0 Å². The maximum absolute atomic E-state index is 14.9. The smallest absolute Gasteiger partial charge is 0.243 e. The second-order valence-corrected chi connectivity index (χ2v) is 13.5. The summed E-state index contributed by atoms with van der Waals surface area (Å²) in [7, 11) is -3.68. The average Bonchev–Trinajstić information content (AvgIpc) is 3.48. The lowest BCUT2D eigenvalue weighted by Crippen LogP contribution is -2.52. The van der Waals surface area contributed by atoms with Crippen molar-refractivity contribution < 1.29 is 22.4 Å². The summed E-state index contributed by atoms with van der Waals surface area (Å²) in [5.41, 5.74) is 2.35. The first-order valence-corrected chi connectivity index (χ1v) is 16.9. The number of sulfonamides is 1. The van der Waals surface area contributed by atoms with Gasteiger partial charge in [0.25, 0.3) is 0 Å². The lowest BCUT2D eigenvalue weighted by Gasteiger charge is -2.33. The molecule has 0 spiro atoms. The Morgan fingerprint density at radius 2 is 1.70 bits per heavy atom. The summed E-state index contributed by atoms with van der Waals surface area (Å²) >= 11 is 6.17. The van der Waals surface area contributed by atoms with Crippen molar-refractivity contribution >= 4 is 39.1 Å². The molecule has 2 amide bonds. The van der Waals surface area contributed by atoms with E-state index < -0.39 is 21.9 Å². The van der Waals surface area contributed by atoms with Crippen molar-refractivity contribution in [1.82, 2.24) is 10.2 Å². The number of carbonyl (C=O) groups is 2. The number of aryl methyl sites for hydroxylation is 1. The maximum atomic E-state index is 14.9. The van der Waals surface area contributed by atoms with Crippen LogP contribution in [0.3, 0.4) is 0 Å². The number of anilines is 1. The zero-order valence-corrected chi connectivity index (χ0v) is 26.2. The fourth-order valence-corrected chi connectivity index (χ4v) is 6.75. The molecular formula is C33H39ClFN3O4S. The summed E-state index contributed by atoms with van der Waals surface area (Å²) in [5.74, 6) is -1.09. The molecule has 0 bridgehead atoms. The highest BCUT2D eigenvalue weighted by molar-refractivity contribution is 7.92. The normalized spacial score (nSPS) is 14.3. The number of halogens is 2. The van der Waals surface area contributed by atoms with Gasteiger partial charge >= 0.3 is 0 Å². The number of hydrogen-bond donors (Lipinski definition) is 1. The molecule has 0 aromatic heterocycles. The third-order valence-corrected chi connectivity index (χ3v) is 9.28. The third-order valence-electron chi connectivity index (χ3n) is 7.86. The van der Waals surface area contributed by atoms with Gasteiger partial charge in [0, 0.05) is 42.6 Å². The molecule has 43 heavy (non-hydrogen) atoms. The highest BCUT2D eigenvalue weighted by Crippen LogP contribution is 2.27. The topological polar surface area (TPSA) is 86.8 Å². The van der Waals surface area contributed by atoms with Gasteiger partial charge in [0.15, 0.2) is 0 Å². The van der Waals surface area contributed by atoms with Crippen LogP contribution in [0.5, 0.6) is 0 Å². The number of nitrogens with one attached hydrogen (secondary N) is 1. The molecule has 4 rings (SSSR count). The minimum Gasteiger partial charge on any atom is -0.352 e. The summed E-state index contributed by atoms with van der Waals surface area (Å²) in [4.78, 5) is 29.2. The van der Waals surface area contributed by atoms with E-state index in [-0.39, 0.29) is 50.2 Å². The van der Waals surface area contributed by atoms with Crippen molar-refractivity contribution in [2.75, 3.05) is 17.1 Å². The second kappa shape index (κ2) is 14.8. The van der Waals surface area contributed by atoms with E-state index in [1.54, 1.807) is 43.3 Å². The Kier molecular flexibility index (Phi) is 11.2. The molecule has 0 heterocycles. The lowest BCUT2D eigenvalue weighted by atomic mass is 10.0. The second-order valence-electron chi connectivity index (χ2n) is 11.2. The SMILES string of the molecule is Cc1ccc(Cl)cc1N(CCCC(=O)N(Cc1ccccc1F)C(Cc1ccccc1)C(=O)NC1CCCC1)S(C)(=O)=O. The van der Waals surface area contributed by atoms with Crippen LogP contribution in [0, 0.1) is 12.7 Å². The van der Waals surface area contributed by atoms with Crippen molar-refractivity contribution in [3.05, 3.63) is 100 Å². The summed E-state index contributed by atoms with van der Waals surface area (Å²) in [6.45, 7) is 1.74. The molecule has 1 saturated carbocycles. The Morgan fingerprint density at radius 3 is 2.37 bits per heavy atom. The van der Waals surface area contributed by atoms with Crippen molar-refractivity contribution in [1.29, 1.82) is 0 Å². The maximum Gasteiger partial charge on any atom is 0.243 e. The number of nitrogens with zero attached hydrogens (tertiary/aromatic N) is 2. The largest absolute Gasteiger partial charge is 0.352 e. The number of amides is 2. The van der Waals surface area contributed by atoms with Crippen LogP contribution in [-0.4, -0.2) is 50.0 Å². The zero-order valence-electron chi connectivity index (χ0n) is 24.6. The summed E-state index contributed by atoms with van der Waals surface area (Å²) in [6, 6.07) is 19.8. The number of carbonyl (C=O) groups excluding carboxylic acids is 2. The monoisotopic (exact) mass is 627 g/mol. The van der Waals surface area contributed by atoms with Gasteiger partial charge in [0.05, 0.1) is 11.9 Å². The number of benzene rings is 3. The van der Waals surface area contributed by atoms with Crippen LogP contribution in [0.25, 0.3) is 0 Å². The van der Waals surface area contributed by atoms with Gasteiger partial charge < -0.3 is 10.2 Å². The summed E-state index contributed by atoms with van der Waals surface area (Å²) in [6.07, 6.45) is 5.37. The van der Waals surface area contributed by atoms with E-state index in [4.69, 9.17) is 11.6 Å². The first kappa shape index (κ1) is 32.5. The third kappa shape index (κ3) is 9.03. The molecule has 3 aromatic rings. The summed E-state index contributed by atoms with van der Waals surface area (Å²) in [5, 5.41) is 3.54. The van der Waals surface area contributed by atoms with Crippen LogP contribution >= 0.6 is 11.6 Å². The van der Waals surface area contributed by atoms with Crippen LogP contribution in [0.15, 0.2) is 72.8 Å². The molecule has 1 fully saturated rings. The fraction of sp³-hybridized carbons (Fsp3) is 0.394. The highest BCUT2D eigenvalue weighted by atomic mass is 35.5. The number of rotatable bonds is 13. The Hall–Kier alpha value is -3.43. The molecular weight excluding hydrogens is 589 g/mol. The quantitative estimate of drug-likeness (QED) is 0.251. The van der Waals surface area contributed by atoms with Crippen LogP contribution in [0.4, 0.5) is 10.1 Å². The van der Waals surface area contributed by atoms with Gasteiger partial charge in [-0.25, -0.2) is 12.8 Å². The van der Waals surface area contributed by atoms with E-state index in [0.29, 0.717) is 16.3 Å². The molecule has 1 unspecified atom stereocenters. The van der Waals surface area contributed by atoms with Gasteiger partial charge in [-0.2, -0.15) is 0 Å². The zero-order chi connectivity index (χ0) is 31.0. The van der Waals surface area contributed by atoms with Crippen LogP contribution in [0.1, 0.15) is 55.2 Å². The molecule has 1 N–H and O–H groups in total. The Morgan fingerprint density at radius 1 is 1.02 bits per heavy atom. The molecule has 230 valence electrons. The molecule has 0 aliphatic heterocycles. The predicted octanol–water partition coefficient (Wildman–Crippen LogP) is 6.03. The first-order chi connectivity index (χ1) is 20.5. The van der Waals surface area contributed by atoms with Crippen LogP contribution < -0.4 is 9.62 Å². The molecule has 1 aliphatic carbocycles. The average molecular weight is 628 g/mol. The van der Waals surface area contributed by atoms with E-state index >= 15 is 0 Å². The van der Waals surface area contributed by atoms with Crippen molar-refractivity contribution in [2.45, 2.75) is 70.5 Å². The highest BCUT2D eigenvalue weighted by Gasteiger charge is 2.32. The minimum atomic E-state index is -3.68. The van der Waals surface area contributed by atoms with Crippen molar-refractivity contribution in [3.8, 4) is 0 Å². The standard InChI is InChI=1S/C33H39ClFN3O4S/c1-24-18-19-27(34)22-30(24)38(43(2,41)42)20-10-17-32(39)37(23-26-13-6-9-16-29(26)35)31(21-25-11-4-3-5-12-25)33(40)36-28-14-7-8-15-28/h3-6,9,11-13,16,18-19,22,28,31H,7-8,10,14-15,17,20-21,23H2,1-2H3,(H,36,40). The fourth-order valence-electron chi connectivity index (χ4n) is 5.57. The molecule has 10 heteroatoms. The Labute approximate surface area is 259 Å². The molecule has 1 atom stereocenters. The van der Waals surface area contributed by atoms with E-state index in [1.807, 2.05) is 30.3 Å². The van der Waals surface area contributed by atoms with Crippen molar-refractivity contribution in [2.24, 2.45) is 0 Å². The minimum absolute atomic E-state index is 0.0386. The first-order valence-electron chi connectivity index (χ1n) is 14.6. The molecule has 0 saturated heterocycles. The van der Waals surface area contributed by atoms with Crippen LogP contribution in [0.2, 0.25) is 5.02 Å². The lowest BCUT2D eigenvalue weighted by molar-refractivity contribution is -0.141. The van der Waals surface area contributed by atoms with Gasteiger partial charge in [-0.15, -0.1) is 0 Å². The van der Waals surface area contributed by atoms with Gasteiger partial charge in [-0.3, -0.25) is 13.9 Å². The number of hydrogen-bond acceptors (Lipinski definition) is 4. The summed E-state index contributed by atoms with van der Waals surface area (Å²) < 4.78 is 41.6. The predicted molar refractivity (Wildman–Crippen MR) is 169 cm³/mol. The van der Waals surface area contributed by atoms with Gasteiger partial charge in [-0.1, -0.05) is 79.0 Å². The van der Waals surface area contributed by atoms with Gasteiger partial charge in [-0.05, 0) is 55.5 Å². The van der Waals surface area contributed by atoms with Gasteiger partial charge in [0.2, 0.25) is 21.8 Å². The van der Waals surface area contributed by atoms with E-state index in [0.717, 1.165) is 43.1 Å². The Bertz CT molecular complexity index is 1510. The molecule has 3 aromatic carbocycles. The molecule has 1 aliphatic rings. The Balaban J connectivity index is 1.61. The van der Waals surface area contributed by atoms with Gasteiger partial charge in [0.1, 0.15) is 11.9 Å². The molecule has 0 radical (unpaired) electrons. The van der Waals surface area contributed by atoms with Crippen LogP contribution in [-0.2, 0) is 32.6 Å². The van der Waals surface area contributed by atoms with E-state index in [9.17, 15) is 22.4 Å². The van der Waals surface area contributed by atoms with E-state index in [1.165, 1.54) is 15.3 Å². The molecule has 7 nitrogen and oxygen atoms in total.